The Hall–Kier alpha value is -1.18. The van der Waals surface area contributed by atoms with E-state index in [9.17, 15) is 9.18 Å². The van der Waals surface area contributed by atoms with Crippen molar-refractivity contribution in [3.63, 3.8) is 0 Å². The van der Waals surface area contributed by atoms with E-state index < -0.39 is 11.6 Å². The first-order valence-electron chi connectivity index (χ1n) is 6.42. The average molecular weight is 232 g/mol. The van der Waals surface area contributed by atoms with E-state index in [4.69, 9.17) is 0 Å². The molecule has 2 aliphatic rings. The van der Waals surface area contributed by atoms with Crippen molar-refractivity contribution >= 4 is 5.78 Å². The number of benzene rings is 1. The second-order valence-electron chi connectivity index (χ2n) is 5.36. The normalized spacial score (nSPS) is 31.9. The highest BCUT2D eigenvalue weighted by Crippen LogP contribution is 2.48. The molecule has 1 saturated carbocycles. The van der Waals surface area contributed by atoms with E-state index in [0.717, 1.165) is 18.4 Å². The molecule has 3 rings (SSSR count). The van der Waals surface area contributed by atoms with E-state index in [1.807, 2.05) is 12.1 Å². The number of hydrogen-bond donors (Lipinski definition) is 0. The molecule has 0 amide bonds. The molecule has 1 nitrogen and oxygen atoms in total. The fraction of sp³-hybridized carbons (Fsp3) is 0.533. The molecule has 0 N–H and O–H groups in total. The van der Waals surface area contributed by atoms with Crippen LogP contribution in [-0.2, 0) is 16.6 Å². The molecule has 0 bridgehead atoms. The van der Waals surface area contributed by atoms with Crippen LogP contribution >= 0.6 is 0 Å². The molecule has 1 spiro atoms. The zero-order valence-corrected chi connectivity index (χ0v) is 10.1. The Bertz CT molecular complexity index is 480. The van der Waals surface area contributed by atoms with Gasteiger partial charge in [0.15, 0.2) is 0 Å². The van der Waals surface area contributed by atoms with Gasteiger partial charge in [-0.05, 0) is 49.3 Å². The van der Waals surface area contributed by atoms with Gasteiger partial charge in [0.1, 0.15) is 12.0 Å². The molecule has 0 unspecified atom stereocenters. The van der Waals surface area contributed by atoms with Crippen LogP contribution in [0.4, 0.5) is 4.39 Å². The van der Waals surface area contributed by atoms with E-state index in [2.05, 4.69) is 13.0 Å². The first-order valence-corrected chi connectivity index (χ1v) is 6.42. The van der Waals surface area contributed by atoms with Crippen molar-refractivity contribution in [2.75, 3.05) is 0 Å². The molecule has 2 heteroatoms. The molecule has 0 heterocycles. The number of ketones is 1. The first-order chi connectivity index (χ1) is 8.16. The van der Waals surface area contributed by atoms with Crippen molar-refractivity contribution in [3.05, 3.63) is 34.9 Å². The highest BCUT2D eigenvalue weighted by atomic mass is 19.1. The number of fused-ring (bicyclic) bond motifs is 2. The van der Waals surface area contributed by atoms with Crippen LogP contribution in [0.15, 0.2) is 18.2 Å². The lowest BCUT2D eigenvalue weighted by Crippen LogP contribution is -2.44. The largest absolute Gasteiger partial charge is 0.299 e. The third-order valence-corrected chi connectivity index (χ3v) is 4.55. The number of aryl methyl sites for hydroxylation is 1. The van der Waals surface area contributed by atoms with Crippen LogP contribution in [0.5, 0.6) is 0 Å². The molecule has 2 atom stereocenters. The van der Waals surface area contributed by atoms with Crippen LogP contribution in [0.1, 0.15) is 42.4 Å². The minimum absolute atomic E-state index is 0.122. The van der Waals surface area contributed by atoms with Gasteiger partial charge < -0.3 is 0 Å². The summed E-state index contributed by atoms with van der Waals surface area (Å²) in [6, 6.07) is 5.99. The Morgan fingerprint density at radius 2 is 2.18 bits per heavy atom. The smallest absolute Gasteiger partial charge is 0.146 e. The summed E-state index contributed by atoms with van der Waals surface area (Å²) in [5.74, 6) is 0.122. The van der Waals surface area contributed by atoms with Crippen LogP contribution < -0.4 is 0 Å². The maximum absolute atomic E-state index is 14.4. The SMILES string of the molecule is Cc1cccc2c1CC[C@@H](F)[C@]21CCCC1=O. The van der Waals surface area contributed by atoms with Crippen molar-refractivity contribution in [2.45, 2.75) is 50.6 Å². The zero-order valence-electron chi connectivity index (χ0n) is 10.1. The summed E-state index contributed by atoms with van der Waals surface area (Å²) in [7, 11) is 0. The molecule has 2 aliphatic carbocycles. The van der Waals surface area contributed by atoms with Crippen LogP contribution in [-0.4, -0.2) is 12.0 Å². The topological polar surface area (TPSA) is 17.1 Å². The Labute approximate surface area is 101 Å². The van der Waals surface area contributed by atoms with Gasteiger partial charge in [0, 0.05) is 6.42 Å². The molecular formula is C15H17FO. The number of carbonyl (C=O) groups is 1. The van der Waals surface area contributed by atoms with Crippen LogP contribution in [0.2, 0.25) is 0 Å². The Morgan fingerprint density at radius 1 is 1.35 bits per heavy atom. The van der Waals surface area contributed by atoms with Crippen molar-refractivity contribution in [2.24, 2.45) is 0 Å². The van der Waals surface area contributed by atoms with Gasteiger partial charge in [0.2, 0.25) is 0 Å². The molecule has 90 valence electrons. The molecule has 0 aromatic heterocycles. The van der Waals surface area contributed by atoms with Gasteiger partial charge in [-0.2, -0.15) is 0 Å². The second-order valence-corrected chi connectivity index (χ2v) is 5.36. The third kappa shape index (κ3) is 1.33. The lowest BCUT2D eigenvalue weighted by atomic mass is 9.66. The number of hydrogen-bond acceptors (Lipinski definition) is 1. The van der Waals surface area contributed by atoms with Crippen LogP contribution in [0, 0.1) is 6.92 Å². The summed E-state index contributed by atoms with van der Waals surface area (Å²) in [6.45, 7) is 2.06. The summed E-state index contributed by atoms with van der Waals surface area (Å²) in [5, 5.41) is 0. The van der Waals surface area contributed by atoms with E-state index in [-0.39, 0.29) is 5.78 Å². The molecule has 0 saturated heterocycles. The van der Waals surface area contributed by atoms with Gasteiger partial charge in [0.05, 0.1) is 5.41 Å². The van der Waals surface area contributed by atoms with Gasteiger partial charge in [-0.3, -0.25) is 4.79 Å². The molecule has 17 heavy (non-hydrogen) atoms. The number of rotatable bonds is 0. The predicted molar refractivity (Wildman–Crippen MR) is 64.9 cm³/mol. The van der Waals surface area contributed by atoms with Crippen molar-refractivity contribution in [1.29, 1.82) is 0 Å². The summed E-state index contributed by atoms with van der Waals surface area (Å²) < 4.78 is 14.4. The Kier molecular flexibility index (Phi) is 2.35. The molecule has 1 fully saturated rings. The van der Waals surface area contributed by atoms with Gasteiger partial charge in [-0.1, -0.05) is 18.2 Å². The Balaban J connectivity index is 2.23. The minimum atomic E-state index is -0.980. The second kappa shape index (κ2) is 3.66. The van der Waals surface area contributed by atoms with Crippen molar-refractivity contribution in [3.8, 4) is 0 Å². The number of alkyl halides is 1. The quantitative estimate of drug-likeness (QED) is 0.671. The number of carbonyl (C=O) groups excluding carboxylic acids is 1. The molecule has 0 radical (unpaired) electrons. The van der Waals surface area contributed by atoms with E-state index in [1.54, 1.807) is 0 Å². The van der Waals surface area contributed by atoms with Crippen molar-refractivity contribution < 1.29 is 9.18 Å². The van der Waals surface area contributed by atoms with E-state index >= 15 is 0 Å². The molecular weight excluding hydrogens is 215 g/mol. The summed E-state index contributed by atoms with van der Waals surface area (Å²) in [4.78, 5) is 12.2. The minimum Gasteiger partial charge on any atom is -0.299 e. The standard InChI is InChI=1S/C15H17FO/c1-10-4-2-5-12-11(10)7-8-13(16)15(12)9-3-6-14(15)17/h2,4-5,13H,3,6-9H2,1H3/t13-,15+/m1/s1. The number of Topliss-reactive ketones (excluding diaryl/α,β-unsaturated/α-hetero) is 1. The predicted octanol–water partition coefficient (Wildman–Crippen LogP) is 3.27. The van der Waals surface area contributed by atoms with Crippen LogP contribution in [0.3, 0.4) is 0 Å². The third-order valence-electron chi connectivity index (χ3n) is 4.55. The molecule has 0 aliphatic heterocycles. The highest BCUT2D eigenvalue weighted by Gasteiger charge is 2.52. The van der Waals surface area contributed by atoms with E-state index in [1.165, 1.54) is 11.1 Å². The summed E-state index contributed by atoms with van der Waals surface area (Å²) >= 11 is 0. The van der Waals surface area contributed by atoms with Gasteiger partial charge in [-0.15, -0.1) is 0 Å². The molecule has 1 aromatic rings. The zero-order chi connectivity index (χ0) is 12.0. The summed E-state index contributed by atoms with van der Waals surface area (Å²) in [5.41, 5.74) is 2.61. The fourth-order valence-corrected chi connectivity index (χ4v) is 3.64. The monoisotopic (exact) mass is 232 g/mol. The average Bonchev–Trinajstić information content (AvgIpc) is 2.68. The highest BCUT2D eigenvalue weighted by molar-refractivity contribution is 5.93. The maximum atomic E-state index is 14.4. The van der Waals surface area contributed by atoms with Crippen molar-refractivity contribution in [1.82, 2.24) is 0 Å². The fourth-order valence-electron chi connectivity index (χ4n) is 3.64. The summed E-state index contributed by atoms with van der Waals surface area (Å²) in [6.07, 6.45) is 2.39. The first kappa shape index (κ1) is 10.9. The maximum Gasteiger partial charge on any atom is 0.146 e. The van der Waals surface area contributed by atoms with Gasteiger partial charge >= 0.3 is 0 Å². The van der Waals surface area contributed by atoms with Crippen LogP contribution in [0.25, 0.3) is 0 Å². The van der Waals surface area contributed by atoms with E-state index in [0.29, 0.717) is 19.3 Å². The molecule has 1 aromatic carbocycles. The number of halogens is 1. The Morgan fingerprint density at radius 3 is 2.88 bits per heavy atom. The lowest BCUT2D eigenvalue weighted by molar-refractivity contribution is -0.124. The lowest BCUT2D eigenvalue weighted by Gasteiger charge is -2.38. The van der Waals surface area contributed by atoms with Gasteiger partial charge in [-0.25, -0.2) is 4.39 Å². The van der Waals surface area contributed by atoms with Gasteiger partial charge in [0.25, 0.3) is 0 Å².